The fourth-order valence-electron chi connectivity index (χ4n) is 3.14. The van der Waals surface area contributed by atoms with Crippen molar-refractivity contribution < 1.29 is 14.1 Å². The standard InChI is InChI=1S/C18H25N5O3/c1-12-15(13(2)26-21-12)10-16(24)23-9-5-6-14(11-23)25-18-17(22(3)4)19-7-8-20-18/h7-8,14H,5-6,9-11H2,1-4H3. The lowest BCUT2D eigenvalue weighted by molar-refractivity contribution is -0.133. The van der Waals surface area contributed by atoms with Crippen molar-refractivity contribution >= 4 is 11.7 Å². The van der Waals surface area contributed by atoms with Gasteiger partial charge < -0.3 is 19.1 Å². The number of anilines is 1. The Labute approximate surface area is 153 Å². The first-order valence-corrected chi connectivity index (χ1v) is 8.80. The Bertz CT molecular complexity index is 754. The number of hydrogen-bond acceptors (Lipinski definition) is 7. The van der Waals surface area contributed by atoms with Crippen molar-refractivity contribution in [2.24, 2.45) is 0 Å². The predicted octanol–water partition coefficient (Wildman–Crippen LogP) is 1.76. The minimum Gasteiger partial charge on any atom is -0.470 e. The summed E-state index contributed by atoms with van der Waals surface area (Å²) < 4.78 is 11.2. The number of likely N-dealkylation sites (tertiary alicyclic amines) is 1. The average Bonchev–Trinajstić information content (AvgIpc) is 2.94. The lowest BCUT2D eigenvalue weighted by Crippen LogP contribution is -2.45. The van der Waals surface area contributed by atoms with Crippen LogP contribution >= 0.6 is 0 Å². The summed E-state index contributed by atoms with van der Waals surface area (Å²) in [7, 11) is 3.80. The molecule has 140 valence electrons. The van der Waals surface area contributed by atoms with E-state index in [-0.39, 0.29) is 12.0 Å². The number of hydrogen-bond donors (Lipinski definition) is 0. The van der Waals surface area contributed by atoms with Gasteiger partial charge in [-0.25, -0.2) is 9.97 Å². The fraction of sp³-hybridized carbons (Fsp3) is 0.556. The number of piperidine rings is 1. The maximum atomic E-state index is 12.7. The molecule has 1 fully saturated rings. The van der Waals surface area contributed by atoms with Crippen molar-refractivity contribution in [3.05, 3.63) is 29.4 Å². The van der Waals surface area contributed by atoms with Crippen molar-refractivity contribution in [3.8, 4) is 5.88 Å². The minimum absolute atomic E-state index is 0.0691. The van der Waals surface area contributed by atoms with E-state index >= 15 is 0 Å². The maximum Gasteiger partial charge on any atom is 0.257 e. The molecule has 26 heavy (non-hydrogen) atoms. The third-order valence-corrected chi connectivity index (χ3v) is 4.59. The van der Waals surface area contributed by atoms with Crippen LogP contribution in [0.15, 0.2) is 16.9 Å². The summed E-state index contributed by atoms with van der Waals surface area (Å²) >= 11 is 0. The summed E-state index contributed by atoms with van der Waals surface area (Å²) in [5.41, 5.74) is 1.65. The molecule has 0 spiro atoms. The SMILES string of the molecule is Cc1noc(C)c1CC(=O)N1CCCC(Oc2nccnc2N(C)C)C1. The molecule has 8 nitrogen and oxygen atoms in total. The molecule has 0 bridgehead atoms. The summed E-state index contributed by atoms with van der Waals surface area (Å²) in [5, 5.41) is 3.92. The zero-order valence-electron chi connectivity index (χ0n) is 15.7. The highest BCUT2D eigenvalue weighted by Gasteiger charge is 2.27. The second-order valence-electron chi connectivity index (χ2n) is 6.78. The van der Waals surface area contributed by atoms with Gasteiger partial charge in [-0.3, -0.25) is 4.79 Å². The quantitative estimate of drug-likeness (QED) is 0.804. The van der Waals surface area contributed by atoms with Crippen molar-refractivity contribution in [1.29, 1.82) is 0 Å². The topological polar surface area (TPSA) is 84.6 Å². The monoisotopic (exact) mass is 359 g/mol. The molecule has 0 aliphatic carbocycles. The van der Waals surface area contributed by atoms with E-state index in [9.17, 15) is 4.79 Å². The van der Waals surface area contributed by atoms with Crippen LogP contribution < -0.4 is 9.64 Å². The predicted molar refractivity (Wildman–Crippen MR) is 96.3 cm³/mol. The number of aromatic nitrogens is 3. The molecule has 2 aromatic rings. The number of carbonyl (C=O) groups is 1. The van der Waals surface area contributed by atoms with Crippen LogP contribution in [0.3, 0.4) is 0 Å². The number of nitrogens with zero attached hydrogens (tertiary/aromatic N) is 5. The lowest BCUT2D eigenvalue weighted by atomic mass is 10.1. The second-order valence-corrected chi connectivity index (χ2v) is 6.78. The first-order chi connectivity index (χ1) is 12.5. The van der Waals surface area contributed by atoms with Crippen molar-refractivity contribution in [3.63, 3.8) is 0 Å². The lowest BCUT2D eigenvalue weighted by Gasteiger charge is -2.33. The van der Waals surface area contributed by atoms with Gasteiger partial charge in [0.15, 0.2) is 5.82 Å². The Hall–Kier alpha value is -2.64. The summed E-state index contributed by atoms with van der Waals surface area (Å²) in [6.45, 7) is 4.98. The molecule has 8 heteroatoms. The van der Waals surface area contributed by atoms with Crippen LogP contribution in [0, 0.1) is 13.8 Å². The van der Waals surface area contributed by atoms with E-state index < -0.39 is 0 Å². The molecule has 1 saturated heterocycles. The van der Waals surface area contributed by atoms with Gasteiger partial charge in [-0.05, 0) is 26.7 Å². The van der Waals surface area contributed by atoms with E-state index in [2.05, 4.69) is 15.1 Å². The third-order valence-electron chi connectivity index (χ3n) is 4.59. The highest BCUT2D eigenvalue weighted by Crippen LogP contribution is 2.24. The van der Waals surface area contributed by atoms with Crippen LogP contribution in [0.5, 0.6) is 5.88 Å². The van der Waals surface area contributed by atoms with Gasteiger partial charge in [-0.1, -0.05) is 5.16 Å². The molecule has 0 saturated carbocycles. The van der Waals surface area contributed by atoms with Crippen LogP contribution in [0.2, 0.25) is 0 Å². The zero-order chi connectivity index (χ0) is 18.7. The largest absolute Gasteiger partial charge is 0.470 e. The Morgan fingerprint density at radius 1 is 1.35 bits per heavy atom. The number of ether oxygens (including phenoxy) is 1. The van der Waals surface area contributed by atoms with Crippen LogP contribution in [-0.2, 0) is 11.2 Å². The Morgan fingerprint density at radius 2 is 2.12 bits per heavy atom. The summed E-state index contributed by atoms with van der Waals surface area (Å²) in [4.78, 5) is 25.0. The smallest absolute Gasteiger partial charge is 0.257 e. The number of amides is 1. The van der Waals surface area contributed by atoms with Gasteiger partial charge in [0.05, 0.1) is 18.7 Å². The normalized spacial score (nSPS) is 17.2. The first-order valence-electron chi connectivity index (χ1n) is 8.80. The highest BCUT2D eigenvalue weighted by atomic mass is 16.5. The van der Waals surface area contributed by atoms with E-state index in [1.165, 1.54) is 0 Å². The second kappa shape index (κ2) is 7.72. The van der Waals surface area contributed by atoms with Crippen molar-refractivity contribution in [1.82, 2.24) is 20.0 Å². The molecule has 1 aliphatic heterocycles. The molecular formula is C18H25N5O3. The molecule has 0 N–H and O–H groups in total. The van der Waals surface area contributed by atoms with Crippen molar-refractivity contribution in [2.75, 3.05) is 32.1 Å². The van der Waals surface area contributed by atoms with Crippen molar-refractivity contribution in [2.45, 2.75) is 39.2 Å². The van der Waals surface area contributed by atoms with Crippen LogP contribution in [0.25, 0.3) is 0 Å². The number of carbonyl (C=O) groups excluding carboxylic acids is 1. The number of rotatable bonds is 5. The Morgan fingerprint density at radius 3 is 2.81 bits per heavy atom. The third kappa shape index (κ3) is 3.95. The molecule has 3 rings (SSSR count). The first kappa shape index (κ1) is 18.2. The van der Waals surface area contributed by atoms with E-state index in [1.54, 1.807) is 12.4 Å². The molecule has 1 unspecified atom stereocenters. The molecule has 1 aliphatic rings. The van der Waals surface area contributed by atoms with Gasteiger partial charge >= 0.3 is 0 Å². The minimum atomic E-state index is -0.0900. The van der Waals surface area contributed by atoms with E-state index in [0.29, 0.717) is 30.4 Å². The van der Waals surface area contributed by atoms with Gasteiger partial charge in [0.2, 0.25) is 5.91 Å². The highest BCUT2D eigenvalue weighted by molar-refractivity contribution is 5.79. The Kier molecular flexibility index (Phi) is 5.39. The molecular weight excluding hydrogens is 334 g/mol. The summed E-state index contributed by atoms with van der Waals surface area (Å²) in [5.74, 6) is 1.96. The fourth-order valence-corrected chi connectivity index (χ4v) is 3.14. The summed E-state index contributed by atoms with van der Waals surface area (Å²) in [6, 6.07) is 0. The molecule has 2 aromatic heterocycles. The van der Waals surface area contributed by atoms with E-state index in [4.69, 9.17) is 9.26 Å². The zero-order valence-corrected chi connectivity index (χ0v) is 15.7. The molecule has 0 radical (unpaired) electrons. The Balaban J connectivity index is 1.65. The van der Waals surface area contributed by atoms with Crippen LogP contribution in [-0.4, -0.2) is 59.2 Å². The number of aryl methyl sites for hydroxylation is 2. The van der Waals surface area contributed by atoms with Gasteiger partial charge in [0.1, 0.15) is 11.9 Å². The average molecular weight is 359 g/mol. The molecule has 1 atom stereocenters. The van der Waals surface area contributed by atoms with Crippen LogP contribution in [0.4, 0.5) is 5.82 Å². The molecule has 0 aromatic carbocycles. The van der Waals surface area contributed by atoms with Gasteiger partial charge in [0.25, 0.3) is 5.88 Å². The molecule has 1 amide bonds. The summed E-state index contributed by atoms with van der Waals surface area (Å²) in [6.07, 6.45) is 5.26. The van der Waals surface area contributed by atoms with Crippen LogP contribution in [0.1, 0.15) is 29.9 Å². The van der Waals surface area contributed by atoms with Gasteiger partial charge in [0, 0.05) is 38.6 Å². The van der Waals surface area contributed by atoms with Gasteiger partial charge in [-0.15, -0.1) is 0 Å². The van der Waals surface area contributed by atoms with E-state index in [1.807, 2.05) is 37.7 Å². The molecule has 3 heterocycles. The van der Waals surface area contributed by atoms with Gasteiger partial charge in [-0.2, -0.15) is 0 Å². The maximum absolute atomic E-state index is 12.7. The van der Waals surface area contributed by atoms with E-state index in [0.717, 1.165) is 30.6 Å².